The molecule has 0 aromatic heterocycles. The van der Waals surface area contributed by atoms with Crippen LogP contribution in [-0.4, -0.2) is 50.8 Å². The number of guanidine groups is 1. The summed E-state index contributed by atoms with van der Waals surface area (Å²) in [5, 5.41) is 0. The van der Waals surface area contributed by atoms with E-state index in [4.69, 9.17) is 5.73 Å². The standard InChI is InChI=1S/C14H22N4O2S.HI/c1-17(2)21(19,20)13-8-4-11(5-9-13)10-16-14(15)18(3)12-6-7-12;/h4-5,8-9,12H,6-7,10H2,1-3H3,(H2,15,16);1H. The first-order valence-corrected chi connectivity index (χ1v) is 8.30. The highest BCUT2D eigenvalue weighted by atomic mass is 127. The largest absolute Gasteiger partial charge is 0.370 e. The van der Waals surface area contributed by atoms with E-state index >= 15 is 0 Å². The quantitative estimate of drug-likeness (QED) is 0.429. The molecule has 8 heteroatoms. The van der Waals surface area contributed by atoms with Gasteiger partial charge in [-0.1, -0.05) is 12.1 Å². The predicted molar refractivity (Wildman–Crippen MR) is 98.8 cm³/mol. The van der Waals surface area contributed by atoms with E-state index in [0.717, 1.165) is 5.56 Å². The molecule has 0 spiro atoms. The molecule has 1 aromatic carbocycles. The van der Waals surface area contributed by atoms with Gasteiger partial charge in [-0.25, -0.2) is 17.7 Å². The molecular formula is C14H23IN4O2S. The van der Waals surface area contributed by atoms with Gasteiger partial charge in [0, 0.05) is 27.2 Å². The first kappa shape index (κ1) is 19.2. The summed E-state index contributed by atoms with van der Waals surface area (Å²) in [6, 6.07) is 7.26. The van der Waals surface area contributed by atoms with E-state index in [1.807, 2.05) is 11.9 Å². The SMILES string of the molecule is CN(C(N)=NCc1ccc(S(=O)(=O)N(C)C)cc1)C1CC1.I. The molecule has 0 heterocycles. The van der Waals surface area contributed by atoms with Crippen LogP contribution < -0.4 is 5.73 Å². The van der Waals surface area contributed by atoms with Gasteiger partial charge in [0.05, 0.1) is 11.4 Å². The monoisotopic (exact) mass is 438 g/mol. The van der Waals surface area contributed by atoms with Crippen LogP contribution in [0.5, 0.6) is 0 Å². The second-order valence-corrected chi connectivity index (χ2v) is 7.60. The first-order valence-electron chi connectivity index (χ1n) is 6.86. The van der Waals surface area contributed by atoms with Crippen molar-refractivity contribution in [2.45, 2.75) is 30.3 Å². The Hall–Kier alpha value is -0.870. The normalized spacial score (nSPS) is 15.5. The summed E-state index contributed by atoms with van der Waals surface area (Å²) >= 11 is 0. The second kappa shape index (κ2) is 7.60. The van der Waals surface area contributed by atoms with Gasteiger partial charge in [0.15, 0.2) is 5.96 Å². The average molecular weight is 438 g/mol. The molecular weight excluding hydrogens is 415 g/mol. The maximum Gasteiger partial charge on any atom is 0.242 e. The summed E-state index contributed by atoms with van der Waals surface area (Å²) in [5.41, 5.74) is 6.85. The molecule has 1 saturated carbocycles. The van der Waals surface area contributed by atoms with Crippen LogP contribution in [0.25, 0.3) is 0 Å². The molecule has 2 rings (SSSR count). The van der Waals surface area contributed by atoms with Gasteiger partial charge in [0.25, 0.3) is 0 Å². The van der Waals surface area contributed by atoms with Crippen molar-refractivity contribution in [3.63, 3.8) is 0 Å². The highest BCUT2D eigenvalue weighted by Crippen LogP contribution is 2.25. The van der Waals surface area contributed by atoms with E-state index in [0.29, 0.717) is 18.5 Å². The van der Waals surface area contributed by atoms with E-state index in [2.05, 4.69) is 4.99 Å². The molecule has 0 aliphatic heterocycles. The van der Waals surface area contributed by atoms with E-state index < -0.39 is 10.0 Å². The average Bonchev–Trinajstić information content (AvgIpc) is 3.28. The van der Waals surface area contributed by atoms with Crippen LogP contribution in [0.3, 0.4) is 0 Å². The van der Waals surface area contributed by atoms with Gasteiger partial charge >= 0.3 is 0 Å². The van der Waals surface area contributed by atoms with Crippen LogP contribution in [0.4, 0.5) is 0 Å². The van der Waals surface area contributed by atoms with Crippen LogP contribution in [-0.2, 0) is 16.6 Å². The summed E-state index contributed by atoms with van der Waals surface area (Å²) in [4.78, 5) is 6.61. The van der Waals surface area contributed by atoms with Gasteiger partial charge in [-0.2, -0.15) is 0 Å². The Morgan fingerprint density at radius 2 is 1.77 bits per heavy atom. The summed E-state index contributed by atoms with van der Waals surface area (Å²) in [5.74, 6) is 0.530. The van der Waals surface area contributed by atoms with Gasteiger partial charge in [0.2, 0.25) is 10.0 Å². The fourth-order valence-electron chi connectivity index (χ4n) is 1.91. The highest BCUT2D eigenvalue weighted by Gasteiger charge is 2.27. The van der Waals surface area contributed by atoms with Crippen molar-refractivity contribution in [2.75, 3.05) is 21.1 Å². The third-order valence-corrected chi connectivity index (χ3v) is 5.41. The maximum absolute atomic E-state index is 12.0. The van der Waals surface area contributed by atoms with Crippen molar-refractivity contribution in [2.24, 2.45) is 10.7 Å². The number of aliphatic imine (C=N–C) groups is 1. The fourth-order valence-corrected chi connectivity index (χ4v) is 2.81. The second-order valence-electron chi connectivity index (χ2n) is 5.45. The molecule has 6 nitrogen and oxygen atoms in total. The zero-order valence-corrected chi connectivity index (χ0v) is 16.2. The number of halogens is 1. The molecule has 0 atom stereocenters. The van der Waals surface area contributed by atoms with Crippen LogP contribution in [0.2, 0.25) is 0 Å². The van der Waals surface area contributed by atoms with Crippen molar-refractivity contribution in [1.29, 1.82) is 0 Å². The molecule has 0 saturated heterocycles. The Morgan fingerprint density at radius 1 is 1.23 bits per heavy atom. The lowest BCUT2D eigenvalue weighted by Gasteiger charge is -2.16. The van der Waals surface area contributed by atoms with Crippen molar-refractivity contribution < 1.29 is 8.42 Å². The Bertz CT molecular complexity index is 625. The summed E-state index contributed by atoms with van der Waals surface area (Å²) in [7, 11) is 1.60. The van der Waals surface area contributed by atoms with Crippen molar-refractivity contribution >= 4 is 40.0 Å². The summed E-state index contributed by atoms with van der Waals surface area (Å²) in [6.07, 6.45) is 2.34. The Labute approximate surface area is 149 Å². The minimum Gasteiger partial charge on any atom is -0.370 e. The number of nitrogens with zero attached hydrogens (tertiary/aromatic N) is 3. The number of rotatable bonds is 5. The van der Waals surface area contributed by atoms with Crippen LogP contribution in [0.15, 0.2) is 34.2 Å². The third-order valence-electron chi connectivity index (χ3n) is 3.58. The lowest BCUT2D eigenvalue weighted by atomic mass is 10.2. The fraction of sp³-hybridized carbons (Fsp3) is 0.500. The zero-order valence-electron chi connectivity index (χ0n) is 13.1. The lowest BCUT2D eigenvalue weighted by Crippen LogP contribution is -2.35. The molecule has 1 aromatic rings. The Morgan fingerprint density at radius 3 is 2.23 bits per heavy atom. The smallest absolute Gasteiger partial charge is 0.242 e. The van der Waals surface area contributed by atoms with E-state index in [-0.39, 0.29) is 28.9 Å². The lowest BCUT2D eigenvalue weighted by molar-refractivity contribution is 0.487. The number of hydrogen-bond donors (Lipinski definition) is 1. The van der Waals surface area contributed by atoms with E-state index in [1.54, 1.807) is 24.3 Å². The van der Waals surface area contributed by atoms with Gasteiger partial charge in [0.1, 0.15) is 0 Å². The Balaban J connectivity index is 0.00000242. The molecule has 1 aliphatic carbocycles. The number of sulfonamides is 1. The molecule has 0 radical (unpaired) electrons. The van der Waals surface area contributed by atoms with Gasteiger partial charge in [-0.05, 0) is 30.5 Å². The molecule has 124 valence electrons. The van der Waals surface area contributed by atoms with E-state index in [1.165, 1.54) is 31.2 Å². The predicted octanol–water partition coefficient (Wildman–Crippen LogP) is 1.46. The molecule has 0 unspecified atom stereocenters. The molecule has 0 bridgehead atoms. The van der Waals surface area contributed by atoms with Gasteiger partial charge < -0.3 is 10.6 Å². The van der Waals surface area contributed by atoms with Crippen LogP contribution in [0.1, 0.15) is 18.4 Å². The van der Waals surface area contributed by atoms with Crippen molar-refractivity contribution in [1.82, 2.24) is 9.21 Å². The van der Waals surface area contributed by atoms with Crippen LogP contribution in [0, 0.1) is 0 Å². The van der Waals surface area contributed by atoms with Crippen LogP contribution >= 0.6 is 24.0 Å². The summed E-state index contributed by atoms with van der Waals surface area (Å²) < 4.78 is 25.1. The molecule has 0 amide bonds. The topological polar surface area (TPSA) is 79.0 Å². The molecule has 1 aliphatic rings. The number of nitrogens with two attached hydrogens (primary N) is 1. The van der Waals surface area contributed by atoms with Gasteiger partial charge in [-0.3, -0.25) is 0 Å². The van der Waals surface area contributed by atoms with Crippen molar-refractivity contribution in [3.8, 4) is 0 Å². The number of hydrogen-bond acceptors (Lipinski definition) is 3. The Kier molecular flexibility index (Phi) is 6.63. The highest BCUT2D eigenvalue weighted by molar-refractivity contribution is 14.0. The third kappa shape index (κ3) is 4.56. The maximum atomic E-state index is 12.0. The summed E-state index contributed by atoms with van der Waals surface area (Å²) in [6.45, 7) is 0.450. The molecule has 22 heavy (non-hydrogen) atoms. The van der Waals surface area contributed by atoms with Gasteiger partial charge in [-0.15, -0.1) is 24.0 Å². The minimum atomic E-state index is -3.38. The van der Waals surface area contributed by atoms with Crippen molar-refractivity contribution in [3.05, 3.63) is 29.8 Å². The molecule has 2 N–H and O–H groups in total. The minimum absolute atomic E-state index is 0. The zero-order chi connectivity index (χ0) is 15.6. The van der Waals surface area contributed by atoms with E-state index in [9.17, 15) is 8.42 Å². The number of benzene rings is 1. The molecule has 1 fully saturated rings. The first-order chi connectivity index (χ1) is 9.82.